The molecular formula is C15H16F3N5O2. The van der Waals surface area contributed by atoms with Gasteiger partial charge in [-0.25, -0.2) is 9.67 Å². The molecule has 0 saturated heterocycles. The van der Waals surface area contributed by atoms with Crippen LogP contribution in [-0.2, 0) is 30.5 Å². The summed E-state index contributed by atoms with van der Waals surface area (Å²) in [5.74, 6) is 0.511. The zero-order valence-electron chi connectivity index (χ0n) is 13.4. The molecule has 0 spiro atoms. The van der Waals surface area contributed by atoms with E-state index in [2.05, 4.69) is 20.4 Å². The van der Waals surface area contributed by atoms with Crippen molar-refractivity contribution in [1.29, 1.82) is 0 Å². The molecule has 1 aliphatic rings. The van der Waals surface area contributed by atoms with Gasteiger partial charge in [-0.05, 0) is 18.6 Å². The largest absolute Gasteiger partial charge is 0.434 e. The minimum absolute atomic E-state index is 0.279. The summed E-state index contributed by atoms with van der Waals surface area (Å²) in [4.78, 5) is 19.9. The predicted octanol–water partition coefficient (Wildman–Crippen LogP) is 1.58. The number of nitrogens with zero attached hydrogens (tertiary/aromatic N) is 4. The van der Waals surface area contributed by atoms with Crippen LogP contribution in [0.2, 0.25) is 0 Å². The fourth-order valence-corrected chi connectivity index (χ4v) is 2.75. The number of nitrogens with one attached hydrogen (secondary N) is 1. The fourth-order valence-electron chi connectivity index (χ4n) is 2.75. The number of methoxy groups -OCH3 is 1. The minimum atomic E-state index is -4.69. The van der Waals surface area contributed by atoms with Gasteiger partial charge in [-0.15, -0.1) is 0 Å². The number of alkyl halides is 3. The molecule has 2 aromatic heterocycles. The summed E-state index contributed by atoms with van der Waals surface area (Å²) in [5.41, 5.74) is -1.67. The first-order chi connectivity index (χ1) is 11.9. The van der Waals surface area contributed by atoms with Crippen LogP contribution in [0, 0.1) is 0 Å². The van der Waals surface area contributed by atoms with Crippen LogP contribution in [0.3, 0.4) is 0 Å². The van der Waals surface area contributed by atoms with Crippen LogP contribution in [0.5, 0.6) is 0 Å². The van der Waals surface area contributed by atoms with E-state index in [1.165, 1.54) is 13.2 Å². The van der Waals surface area contributed by atoms with Crippen molar-refractivity contribution in [1.82, 2.24) is 25.1 Å². The Kier molecular flexibility index (Phi) is 4.71. The number of aromatic nitrogens is 4. The lowest BCUT2D eigenvalue weighted by atomic mass is 10.1. The van der Waals surface area contributed by atoms with Crippen LogP contribution in [0.15, 0.2) is 18.3 Å². The van der Waals surface area contributed by atoms with E-state index in [0.717, 1.165) is 18.1 Å². The SMILES string of the molecule is COCc1nc2n(n1)CC(NC(=O)c1cccnc1C(F)(F)F)CC2. The number of ether oxygens (including phenoxy) is 1. The lowest BCUT2D eigenvalue weighted by Crippen LogP contribution is -2.42. The molecule has 0 bridgehead atoms. The molecule has 134 valence electrons. The van der Waals surface area contributed by atoms with E-state index in [1.54, 1.807) is 4.68 Å². The van der Waals surface area contributed by atoms with E-state index in [0.29, 0.717) is 25.2 Å². The molecule has 0 radical (unpaired) electrons. The van der Waals surface area contributed by atoms with E-state index in [4.69, 9.17) is 4.74 Å². The average Bonchev–Trinajstić information content (AvgIpc) is 2.96. The van der Waals surface area contributed by atoms with Gasteiger partial charge in [-0.2, -0.15) is 18.3 Å². The quantitative estimate of drug-likeness (QED) is 0.901. The molecule has 0 aromatic carbocycles. The lowest BCUT2D eigenvalue weighted by Gasteiger charge is -2.24. The number of amides is 1. The maximum Gasteiger partial charge on any atom is 0.434 e. The Hall–Kier alpha value is -2.49. The fraction of sp³-hybridized carbons (Fsp3) is 0.467. The number of halogens is 3. The van der Waals surface area contributed by atoms with Crippen LogP contribution in [0.25, 0.3) is 0 Å². The van der Waals surface area contributed by atoms with Gasteiger partial charge in [0.1, 0.15) is 12.4 Å². The van der Waals surface area contributed by atoms with Crippen molar-refractivity contribution in [2.75, 3.05) is 7.11 Å². The van der Waals surface area contributed by atoms with E-state index in [-0.39, 0.29) is 12.6 Å². The number of hydrogen-bond acceptors (Lipinski definition) is 5. The van der Waals surface area contributed by atoms with Crippen LogP contribution >= 0.6 is 0 Å². The van der Waals surface area contributed by atoms with Crippen LogP contribution < -0.4 is 5.32 Å². The Morgan fingerprint density at radius 3 is 3.00 bits per heavy atom. The van der Waals surface area contributed by atoms with Gasteiger partial charge >= 0.3 is 6.18 Å². The first-order valence-corrected chi connectivity index (χ1v) is 7.63. The van der Waals surface area contributed by atoms with E-state index >= 15 is 0 Å². The van der Waals surface area contributed by atoms with E-state index < -0.39 is 23.3 Å². The summed E-state index contributed by atoms with van der Waals surface area (Å²) in [6.07, 6.45) is -2.53. The second kappa shape index (κ2) is 6.79. The predicted molar refractivity (Wildman–Crippen MR) is 79.5 cm³/mol. The smallest absolute Gasteiger partial charge is 0.377 e. The van der Waals surface area contributed by atoms with Gasteiger partial charge in [-0.3, -0.25) is 9.78 Å². The molecule has 1 atom stereocenters. The normalized spacial score (nSPS) is 17.2. The van der Waals surface area contributed by atoms with Crippen molar-refractivity contribution in [2.45, 2.75) is 38.2 Å². The Labute approximate surface area is 141 Å². The summed E-state index contributed by atoms with van der Waals surface area (Å²) in [5, 5.41) is 6.90. The van der Waals surface area contributed by atoms with Crippen molar-refractivity contribution < 1.29 is 22.7 Å². The summed E-state index contributed by atoms with van der Waals surface area (Å²) in [7, 11) is 1.54. The molecule has 1 unspecified atom stereocenters. The van der Waals surface area contributed by atoms with Crippen molar-refractivity contribution in [3.63, 3.8) is 0 Å². The van der Waals surface area contributed by atoms with Crippen LogP contribution in [0.4, 0.5) is 13.2 Å². The lowest BCUT2D eigenvalue weighted by molar-refractivity contribution is -0.141. The molecular weight excluding hydrogens is 339 g/mol. The van der Waals surface area contributed by atoms with Crippen molar-refractivity contribution in [3.8, 4) is 0 Å². The second-order valence-electron chi connectivity index (χ2n) is 5.67. The highest BCUT2D eigenvalue weighted by Crippen LogP contribution is 2.30. The number of fused-ring (bicyclic) bond motifs is 1. The maximum absolute atomic E-state index is 13.0. The van der Waals surface area contributed by atoms with Gasteiger partial charge in [0.2, 0.25) is 0 Å². The van der Waals surface area contributed by atoms with Crippen molar-refractivity contribution in [3.05, 3.63) is 41.2 Å². The van der Waals surface area contributed by atoms with Gasteiger partial charge in [0.25, 0.3) is 5.91 Å². The molecule has 1 aliphatic heterocycles. The molecule has 0 aliphatic carbocycles. The zero-order valence-corrected chi connectivity index (χ0v) is 13.4. The van der Waals surface area contributed by atoms with Gasteiger partial charge < -0.3 is 10.1 Å². The highest BCUT2D eigenvalue weighted by Gasteiger charge is 2.37. The Bertz CT molecular complexity index is 775. The third-order valence-corrected chi connectivity index (χ3v) is 3.83. The summed E-state index contributed by atoms with van der Waals surface area (Å²) < 4.78 is 45.6. The van der Waals surface area contributed by atoms with Gasteiger partial charge in [0.15, 0.2) is 11.5 Å². The molecule has 7 nitrogen and oxygen atoms in total. The molecule has 2 aromatic rings. The summed E-state index contributed by atoms with van der Waals surface area (Å²) >= 11 is 0. The summed E-state index contributed by atoms with van der Waals surface area (Å²) in [6, 6.07) is 2.08. The molecule has 3 rings (SSSR count). The molecule has 1 N–H and O–H groups in total. The molecule has 3 heterocycles. The molecule has 10 heteroatoms. The summed E-state index contributed by atoms with van der Waals surface area (Å²) in [6.45, 7) is 0.626. The molecule has 1 amide bonds. The van der Waals surface area contributed by atoms with E-state index in [1.807, 2.05) is 0 Å². The second-order valence-corrected chi connectivity index (χ2v) is 5.67. The van der Waals surface area contributed by atoms with Gasteiger partial charge in [0, 0.05) is 25.8 Å². The Morgan fingerprint density at radius 2 is 2.28 bits per heavy atom. The number of carbonyl (C=O) groups excluding carboxylic acids is 1. The number of rotatable bonds is 4. The monoisotopic (exact) mass is 355 g/mol. The third-order valence-electron chi connectivity index (χ3n) is 3.83. The first-order valence-electron chi connectivity index (χ1n) is 7.63. The van der Waals surface area contributed by atoms with Gasteiger partial charge in [0.05, 0.1) is 12.1 Å². The van der Waals surface area contributed by atoms with Crippen molar-refractivity contribution in [2.24, 2.45) is 0 Å². The number of carbonyl (C=O) groups is 1. The maximum atomic E-state index is 13.0. The molecule has 25 heavy (non-hydrogen) atoms. The third kappa shape index (κ3) is 3.78. The zero-order chi connectivity index (χ0) is 18.0. The van der Waals surface area contributed by atoms with Crippen molar-refractivity contribution >= 4 is 5.91 Å². The highest BCUT2D eigenvalue weighted by atomic mass is 19.4. The Morgan fingerprint density at radius 1 is 1.48 bits per heavy atom. The van der Waals surface area contributed by atoms with E-state index in [9.17, 15) is 18.0 Å². The molecule has 0 saturated carbocycles. The number of hydrogen-bond donors (Lipinski definition) is 1. The van der Waals surface area contributed by atoms with Gasteiger partial charge in [-0.1, -0.05) is 0 Å². The highest BCUT2D eigenvalue weighted by molar-refractivity contribution is 5.95. The van der Waals surface area contributed by atoms with Crippen LogP contribution in [0.1, 0.15) is 34.1 Å². The molecule has 0 fully saturated rings. The average molecular weight is 355 g/mol. The Balaban J connectivity index is 1.72. The topological polar surface area (TPSA) is 81.9 Å². The minimum Gasteiger partial charge on any atom is -0.377 e. The van der Waals surface area contributed by atoms with Crippen LogP contribution in [-0.4, -0.2) is 38.8 Å². The first kappa shape index (κ1) is 17.3. The number of pyridine rings is 1. The number of aryl methyl sites for hydroxylation is 1. The standard InChI is InChI=1S/C15H16F3N5O2/c1-25-8-11-21-12-5-4-9(7-23(12)22-11)20-14(24)10-3-2-6-19-13(10)15(16,17)18/h2-3,6,9H,4-5,7-8H2,1H3,(H,20,24).